The molecule has 5 rings (SSSR count). The fraction of sp³-hybridized carbons (Fsp3) is 0.348. The lowest BCUT2D eigenvalue weighted by Crippen LogP contribution is -2.40. The van der Waals surface area contributed by atoms with E-state index < -0.39 is 22.7 Å². The maximum absolute atomic E-state index is 13.2. The summed E-state index contributed by atoms with van der Waals surface area (Å²) in [5.74, 6) is -0.216. The molecule has 7 nitrogen and oxygen atoms in total. The summed E-state index contributed by atoms with van der Waals surface area (Å²) in [6.07, 6.45) is 0.139. The van der Waals surface area contributed by atoms with E-state index in [9.17, 15) is 22.0 Å². The van der Waals surface area contributed by atoms with Crippen LogP contribution >= 0.6 is 0 Å². The molecular weight excluding hydrogens is 454 g/mol. The Labute approximate surface area is 190 Å². The number of benzene rings is 2. The molecule has 0 aromatic heterocycles. The van der Waals surface area contributed by atoms with Crippen LogP contribution in [0.2, 0.25) is 0 Å². The smallest absolute Gasteiger partial charge is 0.387 e. The molecule has 1 unspecified atom stereocenters. The van der Waals surface area contributed by atoms with Crippen LogP contribution in [-0.4, -0.2) is 62.9 Å². The average Bonchev–Trinajstić information content (AvgIpc) is 3.38. The molecule has 3 aliphatic heterocycles. The lowest BCUT2D eigenvalue weighted by Gasteiger charge is -2.30. The molecule has 0 fully saturated rings. The molecule has 0 saturated heterocycles. The first-order chi connectivity index (χ1) is 15.8. The number of sulfonamides is 1. The van der Waals surface area contributed by atoms with Crippen molar-refractivity contribution in [3.63, 3.8) is 0 Å². The fourth-order valence-electron chi connectivity index (χ4n) is 4.58. The number of ether oxygens (including phenoxy) is 2. The van der Waals surface area contributed by atoms with Crippen molar-refractivity contribution in [2.24, 2.45) is 0 Å². The lowest BCUT2D eigenvalue weighted by atomic mass is 9.97. The van der Waals surface area contributed by atoms with Gasteiger partial charge >= 0.3 is 6.61 Å². The zero-order valence-corrected chi connectivity index (χ0v) is 18.4. The minimum absolute atomic E-state index is 0.00503. The van der Waals surface area contributed by atoms with Crippen molar-refractivity contribution in [3.8, 4) is 5.75 Å². The molecular formula is C23H22F2N2O5S. The quantitative estimate of drug-likeness (QED) is 0.621. The van der Waals surface area contributed by atoms with Crippen molar-refractivity contribution in [3.05, 3.63) is 70.8 Å². The Morgan fingerprint density at radius 1 is 1.00 bits per heavy atom. The van der Waals surface area contributed by atoms with Crippen LogP contribution in [0.25, 0.3) is 0 Å². The Bertz CT molecular complexity index is 1200. The van der Waals surface area contributed by atoms with Crippen LogP contribution in [0.1, 0.15) is 17.2 Å². The van der Waals surface area contributed by atoms with Crippen LogP contribution in [0, 0.1) is 0 Å². The van der Waals surface area contributed by atoms with Gasteiger partial charge < -0.3 is 14.4 Å². The molecule has 3 aliphatic rings. The summed E-state index contributed by atoms with van der Waals surface area (Å²) >= 11 is 0. The summed E-state index contributed by atoms with van der Waals surface area (Å²) in [5, 5.41) is 0. The van der Waals surface area contributed by atoms with Crippen LogP contribution in [0.5, 0.6) is 5.75 Å². The van der Waals surface area contributed by atoms with Gasteiger partial charge in [-0.1, -0.05) is 24.3 Å². The number of halogens is 2. The van der Waals surface area contributed by atoms with Crippen molar-refractivity contribution in [1.29, 1.82) is 0 Å². The van der Waals surface area contributed by atoms with Crippen molar-refractivity contribution >= 4 is 15.9 Å². The first kappa shape index (κ1) is 22.0. The second-order valence-electron chi connectivity index (χ2n) is 8.22. The zero-order valence-electron chi connectivity index (χ0n) is 17.6. The van der Waals surface area contributed by atoms with Crippen LogP contribution in [0.3, 0.4) is 0 Å². The van der Waals surface area contributed by atoms with E-state index in [2.05, 4.69) is 4.74 Å². The predicted molar refractivity (Wildman–Crippen MR) is 114 cm³/mol. The SMILES string of the molecule is O=C(C1OCCc2ccccc21)N1CC2=C(C1)CN(S(=O)(=O)c1ccc(OC(F)F)cc1)C2. The molecule has 33 heavy (non-hydrogen) atoms. The molecule has 2 aromatic rings. The van der Waals surface area contributed by atoms with E-state index in [0.29, 0.717) is 19.7 Å². The molecule has 174 valence electrons. The monoisotopic (exact) mass is 476 g/mol. The second-order valence-corrected chi connectivity index (χ2v) is 10.2. The highest BCUT2D eigenvalue weighted by Gasteiger charge is 2.40. The normalized spacial score (nSPS) is 20.8. The van der Waals surface area contributed by atoms with Crippen molar-refractivity contribution < 1.29 is 31.5 Å². The van der Waals surface area contributed by atoms with Gasteiger partial charge in [0.1, 0.15) is 5.75 Å². The highest BCUT2D eigenvalue weighted by Crippen LogP contribution is 2.34. The molecule has 2 aromatic carbocycles. The molecule has 1 atom stereocenters. The number of hydrogen-bond donors (Lipinski definition) is 0. The highest BCUT2D eigenvalue weighted by atomic mass is 32.2. The maximum Gasteiger partial charge on any atom is 0.387 e. The van der Waals surface area contributed by atoms with E-state index in [4.69, 9.17) is 4.74 Å². The first-order valence-corrected chi connectivity index (χ1v) is 12.0. The first-order valence-electron chi connectivity index (χ1n) is 10.6. The fourth-order valence-corrected chi connectivity index (χ4v) is 6.01. The molecule has 1 amide bonds. The molecule has 3 heterocycles. The number of amides is 1. The van der Waals surface area contributed by atoms with Crippen LogP contribution < -0.4 is 4.74 Å². The Morgan fingerprint density at radius 3 is 2.33 bits per heavy atom. The van der Waals surface area contributed by atoms with Gasteiger partial charge in [0.05, 0.1) is 11.5 Å². The van der Waals surface area contributed by atoms with E-state index in [0.717, 1.165) is 28.7 Å². The third kappa shape index (κ3) is 4.14. The lowest BCUT2D eigenvalue weighted by molar-refractivity contribution is -0.143. The average molecular weight is 477 g/mol. The summed E-state index contributed by atoms with van der Waals surface area (Å²) in [4.78, 5) is 14.9. The topological polar surface area (TPSA) is 76.2 Å². The van der Waals surface area contributed by atoms with E-state index in [1.807, 2.05) is 24.3 Å². The zero-order chi connectivity index (χ0) is 23.2. The maximum atomic E-state index is 13.2. The molecule has 0 N–H and O–H groups in total. The van der Waals surface area contributed by atoms with Gasteiger partial charge in [-0.2, -0.15) is 13.1 Å². The molecule has 10 heteroatoms. The number of rotatable bonds is 5. The van der Waals surface area contributed by atoms with Gasteiger partial charge in [-0.05, 0) is 53.0 Å². The summed E-state index contributed by atoms with van der Waals surface area (Å²) in [5.41, 5.74) is 3.83. The number of fused-ring (bicyclic) bond motifs is 1. The van der Waals surface area contributed by atoms with Crippen LogP contribution in [0.15, 0.2) is 64.6 Å². The number of nitrogens with zero attached hydrogens (tertiary/aromatic N) is 2. The van der Waals surface area contributed by atoms with Gasteiger partial charge in [0.25, 0.3) is 5.91 Å². The Kier molecular flexibility index (Phi) is 5.67. The van der Waals surface area contributed by atoms with Gasteiger partial charge in [-0.3, -0.25) is 4.79 Å². The van der Waals surface area contributed by atoms with E-state index in [1.165, 1.54) is 28.6 Å². The number of hydrogen-bond acceptors (Lipinski definition) is 5. The van der Waals surface area contributed by atoms with E-state index in [-0.39, 0.29) is 29.6 Å². The van der Waals surface area contributed by atoms with Gasteiger partial charge in [0.2, 0.25) is 10.0 Å². The van der Waals surface area contributed by atoms with Crippen molar-refractivity contribution in [2.45, 2.75) is 24.0 Å². The summed E-state index contributed by atoms with van der Waals surface area (Å²) in [7, 11) is -3.80. The molecule has 0 saturated carbocycles. The minimum atomic E-state index is -3.80. The Hall–Kier alpha value is -2.82. The van der Waals surface area contributed by atoms with Gasteiger partial charge in [-0.15, -0.1) is 0 Å². The predicted octanol–water partition coefficient (Wildman–Crippen LogP) is 2.75. The Balaban J connectivity index is 1.24. The van der Waals surface area contributed by atoms with Gasteiger partial charge in [0, 0.05) is 26.2 Å². The highest BCUT2D eigenvalue weighted by molar-refractivity contribution is 7.89. The molecule has 0 spiro atoms. The van der Waals surface area contributed by atoms with Crippen LogP contribution in [0.4, 0.5) is 8.78 Å². The largest absolute Gasteiger partial charge is 0.435 e. The number of alkyl halides is 2. The number of carbonyl (C=O) groups is 1. The summed E-state index contributed by atoms with van der Waals surface area (Å²) < 4.78 is 62.1. The third-order valence-corrected chi connectivity index (χ3v) is 8.02. The van der Waals surface area contributed by atoms with Crippen molar-refractivity contribution in [2.75, 3.05) is 32.8 Å². The standard InChI is InChI=1S/C23H22F2N2O5S/c24-23(25)32-18-5-7-19(8-6-18)33(29,30)27-13-16-11-26(12-17(16)14-27)22(28)21-20-4-2-1-3-15(20)9-10-31-21/h1-8,21,23H,9-14H2. The summed E-state index contributed by atoms with van der Waals surface area (Å²) in [6.45, 7) is -1.37. The summed E-state index contributed by atoms with van der Waals surface area (Å²) in [6, 6.07) is 12.7. The molecule has 0 radical (unpaired) electrons. The van der Waals surface area contributed by atoms with E-state index in [1.54, 1.807) is 4.90 Å². The Morgan fingerprint density at radius 2 is 1.67 bits per heavy atom. The second kappa shape index (κ2) is 8.51. The van der Waals surface area contributed by atoms with Gasteiger partial charge in [-0.25, -0.2) is 8.42 Å². The minimum Gasteiger partial charge on any atom is -0.435 e. The van der Waals surface area contributed by atoms with Crippen molar-refractivity contribution in [1.82, 2.24) is 9.21 Å². The number of carbonyl (C=O) groups excluding carboxylic acids is 1. The van der Waals surface area contributed by atoms with Crippen LogP contribution in [-0.2, 0) is 26.0 Å². The van der Waals surface area contributed by atoms with Gasteiger partial charge in [0.15, 0.2) is 6.10 Å². The third-order valence-electron chi connectivity index (χ3n) is 6.21. The molecule has 0 aliphatic carbocycles. The van der Waals surface area contributed by atoms with E-state index >= 15 is 0 Å². The molecule has 0 bridgehead atoms.